The molecule has 2 heterocycles. The Labute approximate surface area is 98.4 Å². The molecule has 0 aliphatic carbocycles. The van der Waals surface area contributed by atoms with Crippen LogP contribution in [0.15, 0.2) is 0 Å². The molecule has 0 amide bonds. The predicted molar refractivity (Wildman–Crippen MR) is 64.7 cm³/mol. The van der Waals surface area contributed by atoms with Gasteiger partial charge in [-0.15, -0.1) is 0 Å². The molecule has 16 heavy (non-hydrogen) atoms. The van der Waals surface area contributed by atoms with Gasteiger partial charge in [0.1, 0.15) is 0 Å². The van der Waals surface area contributed by atoms with Gasteiger partial charge in [-0.25, -0.2) is 12.7 Å². The van der Waals surface area contributed by atoms with Gasteiger partial charge in [0, 0.05) is 13.1 Å². The number of nitrogens with one attached hydrogen (secondary N) is 1. The van der Waals surface area contributed by atoms with Crippen LogP contribution in [0.5, 0.6) is 0 Å². The Hall–Kier alpha value is -0.130. The van der Waals surface area contributed by atoms with Crippen molar-refractivity contribution in [1.29, 1.82) is 0 Å². The summed E-state index contributed by atoms with van der Waals surface area (Å²) in [5.74, 6) is 0.994. The first-order valence-electron chi connectivity index (χ1n) is 6.21. The Morgan fingerprint density at radius 3 is 2.06 bits per heavy atom. The van der Waals surface area contributed by atoms with Crippen LogP contribution >= 0.6 is 0 Å². The van der Waals surface area contributed by atoms with Crippen LogP contribution < -0.4 is 5.32 Å². The van der Waals surface area contributed by atoms with Crippen molar-refractivity contribution in [2.75, 3.05) is 26.2 Å². The van der Waals surface area contributed by atoms with E-state index in [2.05, 4.69) is 19.2 Å². The summed E-state index contributed by atoms with van der Waals surface area (Å²) >= 11 is 0. The van der Waals surface area contributed by atoms with E-state index in [0.29, 0.717) is 24.9 Å². The van der Waals surface area contributed by atoms with E-state index in [0.717, 1.165) is 25.9 Å². The molecule has 1 N–H and O–H groups in total. The van der Waals surface area contributed by atoms with Crippen molar-refractivity contribution in [2.45, 2.75) is 31.9 Å². The van der Waals surface area contributed by atoms with E-state index in [9.17, 15) is 8.42 Å². The van der Waals surface area contributed by atoms with Crippen LogP contribution in [0.25, 0.3) is 0 Å². The van der Waals surface area contributed by atoms with Gasteiger partial charge >= 0.3 is 0 Å². The molecule has 0 aromatic rings. The van der Waals surface area contributed by atoms with Gasteiger partial charge in [0.15, 0.2) is 0 Å². The van der Waals surface area contributed by atoms with E-state index in [1.807, 2.05) is 0 Å². The fourth-order valence-corrected chi connectivity index (χ4v) is 4.73. The minimum atomic E-state index is -3.03. The quantitative estimate of drug-likeness (QED) is 0.778. The lowest BCUT2D eigenvalue weighted by atomic mass is 10.0. The van der Waals surface area contributed by atoms with Crippen molar-refractivity contribution in [3.8, 4) is 0 Å². The van der Waals surface area contributed by atoms with E-state index < -0.39 is 10.0 Å². The van der Waals surface area contributed by atoms with Gasteiger partial charge in [-0.3, -0.25) is 0 Å². The van der Waals surface area contributed by atoms with Crippen LogP contribution in [0.3, 0.4) is 0 Å². The highest BCUT2D eigenvalue weighted by Gasteiger charge is 2.38. The van der Waals surface area contributed by atoms with Crippen LogP contribution in [-0.4, -0.2) is 44.2 Å². The van der Waals surface area contributed by atoms with Crippen molar-refractivity contribution in [3.63, 3.8) is 0 Å². The third-order valence-corrected chi connectivity index (χ3v) is 6.35. The van der Waals surface area contributed by atoms with Crippen molar-refractivity contribution < 1.29 is 8.42 Å². The lowest BCUT2D eigenvalue weighted by Gasteiger charge is -2.27. The van der Waals surface area contributed by atoms with Gasteiger partial charge in [-0.1, -0.05) is 13.8 Å². The summed E-state index contributed by atoms with van der Waals surface area (Å²) in [6.07, 6.45) is 1.53. The molecule has 2 saturated heterocycles. The lowest BCUT2D eigenvalue weighted by Crippen LogP contribution is -2.43. The Morgan fingerprint density at radius 2 is 1.56 bits per heavy atom. The largest absolute Gasteiger partial charge is 0.317 e. The molecule has 2 rings (SSSR count). The molecule has 2 unspecified atom stereocenters. The van der Waals surface area contributed by atoms with Gasteiger partial charge in [0.05, 0.1) is 5.25 Å². The Balaban J connectivity index is 2.07. The molecular formula is C11H22N2O2S. The van der Waals surface area contributed by atoms with E-state index >= 15 is 0 Å². The summed E-state index contributed by atoms with van der Waals surface area (Å²) in [7, 11) is -3.03. The van der Waals surface area contributed by atoms with E-state index in [4.69, 9.17) is 0 Å². The smallest absolute Gasteiger partial charge is 0.217 e. The summed E-state index contributed by atoms with van der Waals surface area (Å²) in [6.45, 7) is 7.39. The highest BCUT2D eigenvalue weighted by molar-refractivity contribution is 7.89. The molecule has 0 bridgehead atoms. The van der Waals surface area contributed by atoms with E-state index in [1.54, 1.807) is 4.31 Å². The first-order chi connectivity index (χ1) is 7.51. The summed E-state index contributed by atoms with van der Waals surface area (Å²) in [6, 6.07) is 0. The average molecular weight is 246 g/mol. The molecule has 2 aliphatic rings. The number of nitrogens with zero attached hydrogens (tertiary/aromatic N) is 1. The molecular weight excluding hydrogens is 224 g/mol. The summed E-state index contributed by atoms with van der Waals surface area (Å²) in [5, 5.41) is 3.06. The fraction of sp³-hybridized carbons (Fsp3) is 1.00. The minimum absolute atomic E-state index is 0.147. The predicted octanol–water partition coefficient (Wildman–Crippen LogP) is 0.656. The minimum Gasteiger partial charge on any atom is -0.317 e. The summed E-state index contributed by atoms with van der Waals surface area (Å²) in [5.41, 5.74) is 0. The fourth-order valence-electron chi connectivity index (χ4n) is 2.59. The molecule has 2 atom stereocenters. The monoisotopic (exact) mass is 246 g/mol. The third-order valence-electron chi connectivity index (χ3n) is 4.02. The third kappa shape index (κ3) is 2.26. The van der Waals surface area contributed by atoms with Gasteiger partial charge in [0.25, 0.3) is 0 Å². The first-order valence-corrected chi connectivity index (χ1v) is 7.72. The average Bonchev–Trinajstić information content (AvgIpc) is 2.61. The molecule has 0 radical (unpaired) electrons. The van der Waals surface area contributed by atoms with Crippen LogP contribution in [0.1, 0.15) is 26.7 Å². The number of hydrogen-bond donors (Lipinski definition) is 1. The van der Waals surface area contributed by atoms with Crippen LogP contribution in [-0.2, 0) is 10.0 Å². The molecule has 5 heteroatoms. The summed E-state index contributed by atoms with van der Waals surface area (Å²) in [4.78, 5) is 0. The Kier molecular flexibility index (Phi) is 3.56. The number of hydrogen-bond acceptors (Lipinski definition) is 3. The maximum atomic E-state index is 12.4. The maximum Gasteiger partial charge on any atom is 0.217 e. The number of piperidine rings is 1. The summed E-state index contributed by atoms with van der Waals surface area (Å²) < 4.78 is 26.5. The van der Waals surface area contributed by atoms with E-state index in [1.165, 1.54) is 0 Å². The topological polar surface area (TPSA) is 49.4 Å². The highest BCUT2D eigenvalue weighted by Crippen LogP contribution is 2.28. The zero-order chi connectivity index (χ0) is 11.8. The maximum absolute atomic E-state index is 12.4. The van der Waals surface area contributed by atoms with Crippen molar-refractivity contribution >= 4 is 10.0 Å². The normalized spacial score (nSPS) is 34.4. The molecule has 2 aliphatic heterocycles. The Bertz CT molecular complexity index is 326. The first kappa shape index (κ1) is 12.3. The molecule has 94 valence electrons. The lowest BCUT2D eigenvalue weighted by molar-refractivity contribution is 0.426. The SMILES string of the molecule is CC1CN(S(=O)(=O)C2CCNCC2)CC1C. The van der Waals surface area contributed by atoms with Crippen molar-refractivity contribution in [3.05, 3.63) is 0 Å². The molecule has 0 aromatic heterocycles. The van der Waals surface area contributed by atoms with Gasteiger partial charge < -0.3 is 5.32 Å². The van der Waals surface area contributed by atoms with Crippen molar-refractivity contribution in [2.24, 2.45) is 11.8 Å². The zero-order valence-corrected chi connectivity index (χ0v) is 11.0. The number of rotatable bonds is 2. The van der Waals surface area contributed by atoms with Crippen LogP contribution in [0.2, 0.25) is 0 Å². The standard InChI is InChI=1S/C11H22N2O2S/c1-9-7-13(8-10(9)2)16(14,15)11-3-5-12-6-4-11/h9-12H,3-8H2,1-2H3. The van der Waals surface area contributed by atoms with Crippen molar-refractivity contribution in [1.82, 2.24) is 9.62 Å². The second-order valence-electron chi connectivity index (χ2n) is 5.27. The van der Waals surface area contributed by atoms with Crippen LogP contribution in [0.4, 0.5) is 0 Å². The molecule has 0 spiro atoms. The second-order valence-corrected chi connectivity index (χ2v) is 7.48. The number of sulfonamides is 1. The molecule has 0 saturated carbocycles. The van der Waals surface area contributed by atoms with Gasteiger partial charge in [-0.05, 0) is 37.8 Å². The van der Waals surface area contributed by atoms with Gasteiger partial charge in [-0.2, -0.15) is 0 Å². The zero-order valence-electron chi connectivity index (χ0n) is 10.1. The molecule has 4 nitrogen and oxygen atoms in total. The van der Waals surface area contributed by atoms with E-state index in [-0.39, 0.29) is 5.25 Å². The molecule has 0 aromatic carbocycles. The highest BCUT2D eigenvalue weighted by atomic mass is 32.2. The molecule has 2 fully saturated rings. The van der Waals surface area contributed by atoms with Gasteiger partial charge in [0.2, 0.25) is 10.0 Å². The second kappa shape index (κ2) is 4.63. The van der Waals surface area contributed by atoms with Crippen LogP contribution in [0, 0.1) is 11.8 Å². The Morgan fingerprint density at radius 1 is 1.06 bits per heavy atom.